The lowest BCUT2D eigenvalue weighted by atomic mass is 10.2. The van der Waals surface area contributed by atoms with Crippen molar-refractivity contribution < 1.29 is 9.31 Å². The molecule has 0 aliphatic carbocycles. The SMILES string of the molecule is O=[N+]([O-])c1cc(-n2ncnc2-c2ccc(Br)cc2)ccc1F. The molecule has 2 aromatic carbocycles. The van der Waals surface area contributed by atoms with E-state index < -0.39 is 16.4 Å². The van der Waals surface area contributed by atoms with Gasteiger partial charge in [0.25, 0.3) is 0 Å². The van der Waals surface area contributed by atoms with E-state index in [1.807, 2.05) is 24.3 Å². The Hall–Kier alpha value is -2.61. The second-order valence-electron chi connectivity index (χ2n) is 4.40. The number of hydrogen-bond donors (Lipinski definition) is 0. The zero-order valence-electron chi connectivity index (χ0n) is 11.0. The van der Waals surface area contributed by atoms with E-state index >= 15 is 0 Å². The van der Waals surface area contributed by atoms with Gasteiger partial charge in [-0.05, 0) is 24.3 Å². The summed E-state index contributed by atoms with van der Waals surface area (Å²) < 4.78 is 15.8. The molecular formula is C14H8BrFN4O2. The minimum absolute atomic E-state index is 0.364. The first-order valence-electron chi connectivity index (χ1n) is 6.16. The van der Waals surface area contributed by atoms with Crippen LogP contribution in [0.25, 0.3) is 17.1 Å². The highest BCUT2D eigenvalue weighted by Gasteiger charge is 2.17. The molecule has 0 saturated carbocycles. The Labute approximate surface area is 132 Å². The maximum Gasteiger partial charge on any atom is 0.306 e. The van der Waals surface area contributed by atoms with Gasteiger partial charge in [-0.15, -0.1) is 0 Å². The normalized spacial score (nSPS) is 10.6. The zero-order chi connectivity index (χ0) is 15.7. The van der Waals surface area contributed by atoms with E-state index in [1.54, 1.807) is 0 Å². The van der Waals surface area contributed by atoms with E-state index in [9.17, 15) is 14.5 Å². The summed E-state index contributed by atoms with van der Waals surface area (Å²) in [5.41, 5.74) is 0.547. The van der Waals surface area contributed by atoms with Gasteiger partial charge in [0.2, 0.25) is 5.82 Å². The lowest BCUT2D eigenvalue weighted by Gasteiger charge is -2.06. The van der Waals surface area contributed by atoms with Crippen LogP contribution >= 0.6 is 15.9 Å². The Morgan fingerprint density at radius 2 is 1.91 bits per heavy atom. The van der Waals surface area contributed by atoms with Crippen molar-refractivity contribution in [1.82, 2.24) is 14.8 Å². The van der Waals surface area contributed by atoms with Crippen LogP contribution in [0.1, 0.15) is 0 Å². The van der Waals surface area contributed by atoms with E-state index in [0.29, 0.717) is 11.5 Å². The zero-order valence-corrected chi connectivity index (χ0v) is 12.6. The fourth-order valence-electron chi connectivity index (χ4n) is 2.00. The monoisotopic (exact) mass is 362 g/mol. The molecule has 0 unspecified atom stereocenters. The third-order valence-corrected chi connectivity index (χ3v) is 3.55. The van der Waals surface area contributed by atoms with Crippen molar-refractivity contribution in [2.75, 3.05) is 0 Å². The van der Waals surface area contributed by atoms with Gasteiger partial charge in [0.1, 0.15) is 6.33 Å². The van der Waals surface area contributed by atoms with E-state index in [1.165, 1.54) is 17.1 Å². The Morgan fingerprint density at radius 1 is 1.18 bits per heavy atom. The van der Waals surface area contributed by atoms with Crippen molar-refractivity contribution in [3.05, 3.63) is 69.2 Å². The minimum Gasteiger partial charge on any atom is -0.258 e. The molecule has 110 valence electrons. The molecule has 0 amide bonds. The molecule has 8 heteroatoms. The number of rotatable bonds is 3. The molecule has 0 fully saturated rings. The summed E-state index contributed by atoms with van der Waals surface area (Å²) >= 11 is 3.35. The third-order valence-electron chi connectivity index (χ3n) is 3.02. The standard InChI is InChI=1S/C14H8BrFN4O2/c15-10-3-1-9(2-4-10)14-17-8-18-19(14)11-5-6-12(16)13(7-11)20(21)22/h1-8H. The Morgan fingerprint density at radius 3 is 2.59 bits per heavy atom. The summed E-state index contributed by atoms with van der Waals surface area (Å²) in [5, 5.41) is 14.9. The van der Waals surface area contributed by atoms with Gasteiger partial charge < -0.3 is 0 Å². The summed E-state index contributed by atoms with van der Waals surface area (Å²) in [6, 6.07) is 11.0. The molecule has 3 aromatic rings. The van der Waals surface area contributed by atoms with Crippen LogP contribution in [-0.2, 0) is 0 Å². The van der Waals surface area contributed by atoms with Crippen LogP contribution in [0.15, 0.2) is 53.3 Å². The number of hydrogen-bond acceptors (Lipinski definition) is 4. The summed E-state index contributed by atoms with van der Waals surface area (Å²) in [5.74, 6) is -0.382. The van der Waals surface area contributed by atoms with Crippen LogP contribution in [0.3, 0.4) is 0 Å². The van der Waals surface area contributed by atoms with Crippen LogP contribution in [-0.4, -0.2) is 19.7 Å². The van der Waals surface area contributed by atoms with Crippen LogP contribution < -0.4 is 0 Å². The molecule has 1 heterocycles. The second-order valence-corrected chi connectivity index (χ2v) is 5.31. The number of benzene rings is 2. The Bertz CT molecular complexity index is 848. The molecule has 0 aliphatic heterocycles. The van der Waals surface area contributed by atoms with E-state index in [-0.39, 0.29) is 0 Å². The first-order chi connectivity index (χ1) is 10.6. The van der Waals surface area contributed by atoms with E-state index in [2.05, 4.69) is 26.0 Å². The fourth-order valence-corrected chi connectivity index (χ4v) is 2.26. The van der Waals surface area contributed by atoms with Crippen molar-refractivity contribution in [2.24, 2.45) is 0 Å². The first-order valence-corrected chi connectivity index (χ1v) is 6.96. The maximum absolute atomic E-state index is 13.4. The van der Waals surface area contributed by atoms with Gasteiger partial charge in [0.15, 0.2) is 5.82 Å². The second kappa shape index (κ2) is 5.64. The molecule has 3 rings (SSSR count). The van der Waals surface area contributed by atoms with Gasteiger partial charge in [-0.2, -0.15) is 9.49 Å². The highest BCUT2D eigenvalue weighted by Crippen LogP contribution is 2.25. The highest BCUT2D eigenvalue weighted by atomic mass is 79.9. The average Bonchev–Trinajstić information content (AvgIpc) is 2.97. The van der Waals surface area contributed by atoms with Gasteiger partial charge >= 0.3 is 5.69 Å². The van der Waals surface area contributed by atoms with Crippen molar-refractivity contribution in [3.8, 4) is 17.1 Å². The van der Waals surface area contributed by atoms with Gasteiger partial charge in [-0.25, -0.2) is 9.67 Å². The number of nitrogens with zero attached hydrogens (tertiary/aromatic N) is 4. The maximum atomic E-state index is 13.4. The molecule has 0 atom stereocenters. The van der Waals surface area contributed by atoms with Crippen LogP contribution in [0.5, 0.6) is 0 Å². The van der Waals surface area contributed by atoms with Crippen molar-refractivity contribution in [3.63, 3.8) is 0 Å². The highest BCUT2D eigenvalue weighted by molar-refractivity contribution is 9.10. The van der Waals surface area contributed by atoms with E-state index in [0.717, 1.165) is 22.2 Å². The summed E-state index contributed by atoms with van der Waals surface area (Å²) in [7, 11) is 0. The molecule has 0 saturated heterocycles. The average molecular weight is 363 g/mol. The lowest BCUT2D eigenvalue weighted by Crippen LogP contribution is -2.02. The van der Waals surface area contributed by atoms with Crippen molar-refractivity contribution in [2.45, 2.75) is 0 Å². The van der Waals surface area contributed by atoms with Gasteiger partial charge in [0.05, 0.1) is 10.6 Å². The number of halogens is 2. The lowest BCUT2D eigenvalue weighted by molar-refractivity contribution is -0.387. The molecule has 6 nitrogen and oxygen atoms in total. The topological polar surface area (TPSA) is 73.8 Å². The minimum atomic E-state index is -0.890. The summed E-state index contributed by atoms with van der Waals surface area (Å²) in [6.07, 6.45) is 1.34. The van der Waals surface area contributed by atoms with Crippen molar-refractivity contribution in [1.29, 1.82) is 0 Å². The quantitative estimate of drug-likeness (QED) is 0.525. The molecule has 0 radical (unpaired) electrons. The summed E-state index contributed by atoms with van der Waals surface area (Å²) in [4.78, 5) is 14.2. The first kappa shape index (κ1) is 14.3. The molecule has 0 N–H and O–H groups in total. The van der Waals surface area contributed by atoms with Gasteiger partial charge in [-0.1, -0.05) is 28.1 Å². The largest absolute Gasteiger partial charge is 0.306 e. The van der Waals surface area contributed by atoms with Crippen LogP contribution in [0.2, 0.25) is 0 Å². The van der Waals surface area contributed by atoms with Gasteiger partial charge in [-0.3, -0.25) is 10.1 Å². The predicted molar refractivity (Wildman–Crippen MR) is 81.1 cm³/mol. The number of nitro groups is 1. The van der Waals surface area contributed by atoms with Crippen molar-refractivity contribution >= 4 is 21.6 Å². The number of aromatic nitrogens is 3. The van der Waals surface area contributed by atoms with Crippen LogP contribution in [0.4, 0.5) is 10.1 Å². The third kappa shape index (κ3) is 2.60. The van der Waals surface area contributed by atoms with E-state index in [4.69, 9.17) is 0 Å². The predicted octanol–water partition coefficient (Wildman–Crippen LogP) is 3.74. The molecule has 1 aromatic heterocycles. The summed E-state index contributed by atoms with van der Waals surface area (Å²) in [6.45, 7) is 0. The molecule has 0 spiro atoms. The smallest absolute Gasteiger partial charge is 0.258 e. The Kier molecular flexibility index (Phi) is 3.68. The fraction of sp³-hybridized carbons (Fsp3) is 0. The molecule has 22 heavy (non-hydrogen) atoms. The van der Waals surface area contributed by atoms with Crippen LogP contribution in [0, 0.1) is 15.9 Å². The molecular weight excluding hydrogens is 355 g/mol. The molecule has 0 aliphatic rings. The van der Waals surface area contributed by atoms with Gasteiger partial charge in [0, 0.05) is 16.1 Å². The molecule has 0 bridgehead atoms. The Balaban J connectivity index is 2.11. The number of nitro benzene ring substituents is 1.